The molecule has 0 aliphatic carbocycles. The van der Waals surface area contributed by atoms with Gasteiger partial charge >= 0.3 is 5.97 Å². The number of aromatic nitrogens is 1. The molecule has 0 radical (unpaired) electrons. The zero-order valence-electron chi connectivity index (χ0n) is 14.6. The molecule has 4 nitrogen and oxygen atoms in total. The smallest absolute Gasteiger partial charge is 0.355 e. The SMILES string of the molecule is CCCCCOc1ccc(-c2ccc(-c3nc(C(=O)O)cs3)cc2)cc1. The number of hydrogen-bond donors (Lipinski definition) is 1. The molecule has 0 unspecified atom stereocenters. The molecule has 0 bridgehead atoms. The summed E-state index contributed by atoms with van der Waals surface area (Å²) in [4.78, 5) is 15.1. The lowest BCUT2D eigenvalue weighted by Crippen LogP contribution is -1.96. The zero-order valence-corrected chi connectivity index (χ0v) is 15.5. The predicted octanol–water partition coefficient (Wildman–Crippen LogP) is 5.74. The highest BCUT2D eigenvalue weighted by Gasteiger charge is 2.10. The van der Waals surface area contributed by atoms with Gasteiger partial charge in [0.05, 0.1) is 6.61 Å². The molecule has 0 aliphatic rings. The number of carbonyl (C=O) groups is 1. The summed E-state index contributed by atoms with van der Waals surface area (Å²) in [6.45, 7) is 2.94. The van der Waals surface area contributed by atoms with Crippen molar-refractivity contribution in [3.8, 4) is 27.4 Å². The van der Waals surface area contributed by atoms with Crippen LogP contribution in [0.5, 0.6) is 5.75 Å². The fourth-order valence-corrected chi connectivity index (χ4v) is 3.40. The van der Waals surface area contributed by atoms with Gasteiger partial charge in [0.2, 0.25) is 0 Å². The van der Waals surface area contributed by atoms with Gasteiger partial charge in [-0.2, -0.15) is 0 Å². The van der Waals surface area contributed by atoms with E-state index in [1.807, 2.05) is 36.4 Å². The molecule has 0 saturated heterocycles. The van der Waals surface area contributed by atoms with Crippen LogP contribution in [0.4, 0.5) is 0 Å². The fourth-order valence-electron chi connectivity index (χ4n) is 2.60. The first-order valence-electron chi connectivity index (χ1n) is 8.70. The van der Waals surface area contributed by atoms with E-state index in [4.69, 9.17) is 9.84 Å². The van der Waals surface area contributed by atoms with Crippen molar-refractivity contribution < 1.29 is 14.6 Å². The van der Waals surface area contributed by atoms with Crippen molar-refractivity contribution >= 4 is 17.3 Å². The van der Waals surface area contributed by atoms with E-state index in [1.165, 1.54) is 24.2 Å². The van der Waals surface area contributed by atoms with Crippen LogP contribution in [0.3, 0.4) is 0 Å². The van der Waals surface area contributed by atoms with E-state index >= 15 is 0 Å². The van der Waals surface area contributed by atoms with Crippen LogP contribution in [0, 0.1) is 0 Å². The van der Waals surface area contributed by atoms with Crippen LogP contribution in [0.2, 0.25) is 0 Å². The van der Waals surface area contributed by atoms with E-state index in [9.17, 15) is 4.79 Å². The summed E-state index contributed by atoms with van der Waals surface area (Å²) >= 11 is 1.34. The molecule has 0 atom stereocenters. The van der Waals surface area contributed by atoms with Crippen LogP contribution in [-0.2, 0) is 0 Å². The number of unbranched alkanes of at least 4 members (excludes halogenated alkanes) is 2. The number of benzene rings is 2. The first kappa shape index (κ1) is 18.1. The number of ether oxygens (including phenoxy) is 1. The number of thiazole rings is 1. The van der Waals surface area contributed by atoms with Gasteiger partial charge in [-0.15, -0.1) is 11.3 Å². The lowest BCUT2D eigenvalue weighted by Gasteiger charge is -2.07. The van der Waals surface area contributed by atoms with Crippen molar-refractivity contribution in [2.75, 3.05) is 6.61 Å². The third-order valence-corrected chi connectivity index (χ3v) is 4.95. The molecule has 3 rings (SSSR count). The fraction of sp³-hybridized carbons (Fsp3) is 0.238. The van der Waals surface area contributed by atoms with Crippen LogP contribution in [-0.4, -0.2) is 22.7 Å². The van der Waals surface area contributed by atoms with Gasteiger partial charge in [-0.1, -0.05) is 56.2 Å². The third-order valence-electron chi connectivity index (χ3n) is 4.06. The Labute approximate surface area is 157 Å². The topological polar surface area (TPSA) is 59.4 Å². The summed E-state index contributed by atoms with van der Waals surface area (Å²) in [5.41, 5.74) is 3.22. The van der Waals surface area contributed by atoms with Gasteiger partial charge in [-0.05, 0) is 29.7 Å². The highest BCUT2D eigenvalue weighted by Crippen LogP contribution is 2.28. The van der Waals surface area contributed by atoms with Crippen LogP contribution < -0.4 is 4.74 Å². The minimum absolute atomic E-state index is 0.0867. The minimum Gasteiger partial charge on any atom is -0.494 e. The molecule has 134 valence electrons. The van der Waals surface area contributed by atoms with Gasteiger partial charge < -0.3 is 9.84 Å². The van der Waals surface area contributed by atoms with Crippen molar-refractivity contribution in [2.24, 2.45) is 0 Å². The number of hydrogen-bond acceptors (Lipinski definition) is 4. The minimum atomic E-state index is -0.999. The quantitative estimate of drug-likeness (QED) is 0.515. The molecule has 0 fully saturated rings. The molecule has 1 aromatic heterocycles. The maximum Gasteiger partial charge on any atom is 0.355 e. The van der Waals surface area contributed by atoms with Gasteiger partial charge in [0.1, 0.15) is 10.8 Å². The van der Waals surface area contributed by atoms with E-state index in [1.54, 1.807) is 5.38 Å². The summed E-state index contributed by atoms with van der Waals surface area (Å²) in [6.07, 6.45) is 3.47. The average Bonchev–Trinajstić information content (AvgIpc) is 3.17. The second kappa shape index (κ2) is 8.63. The third kappa shape index (κ3) is 4.49. The Hall–Kier alpha value is -2.66. The van der Waals surface area contributed by atoms with Crippen LogP contribution >= 0.6 is 11.3 Å². The largest absolute Gasteiger partial charge is 0.494 e. The molecule has 0 aliphatic heterocycles. The van der Waals surface area contributed by atoms with E-state index in [-0.39, 0.29) is 5.69 Å². The van der Waals surface area contributed by atoms with Gasteiger partial charge in [-0.25, -0.2) is 9.78 Å². The number of aromatic carboxylic acids is 1. The normalized spacial score (nSPS) is 10.7. The Morgan fingerprint density at radius 1 is 1.00 bits per heavy atom. The zero-order chi connectivity index (χ0) is 18.4. The molecule has 5 heteroatoms. The molecular weight excluding hydrogens is 346 g/mol. The molecule has 0 saturated carbocycles. The monoisotopic (exact) mass is 367 g/mol. The Bertz CT molecular complexity index is 854. The molecule has 26 heavy (non-hydrogen) atoms. The van der Waals surface area contributed by atoms with Crippen molar-refractivity contribution in [1.29, 1.82) is 0 Å². The second-order valence-electron chi connectivity index (χ2n) is 6.00. The first-order chi connectivity index (χ1) is 12.7. The Balaban J connectivity index is 1.67. The van der Waals surface area contributed by atoms with E-state index < -0.39 is 5.97 Å². The average molecular weight is 367 g/mol. The summed E-state index contributed by atoms with van der Waals surface area (Å²) in [5.74, 6) is -0.105. The van der Waals surface area contributed by atoms with Gasteiger partial charge in [-0.3, -0.25) is 0 Å². The van der Waals surface area contributed by atoms with Crippen LogP contribution in [0.15, 0.2) is 53.9 Å². The molecule has 1 N–H and O–H groups in total. The number of rotatable bonds is 8. The number of carboxylic acid groups (broad SMARTS) is 1. The molecule has 3 aromatic rings. The Morgan fingerprint density at radius 3 is 2.19 bits per heavy atom. The molecule has 0 amide bonds. The van der Waals surface area contributed by atoms with Gasteiger partial charge in [0.25, 0.3) is 0 Å². The second-order valence-corrected chi connectivity index (χ2v) is 6.86. The highest BCUT2D eigenvalue weighted by atomic mass is 32.1. The maximum atomic E-state index is 10.9. The van der Waals surface area contributed by atoms with Crippen molar-refractivity contribution in [3.05, 3.63) is 59.6 Å². The van der Waals surface area contributed by atoms with Crippen molar-refractivity contribution in [3.63, 3.8) is 0 Å². The summed E-state index contributed by atoms with van der Waals surface area (Å²) in [6, 6.07) is 16.1. The van der Waals surface area contributed by atoms with E-state index in [2.05, 4.69) is 24.0 Å². The predicted molar refractivity (Wildman–Crippen MR) is 105 cm³/mol. The summed E-state index contributed by atoms with van der Waals surface area (Å²) in [7, 11) is 0. The van der Waals surface area contributed by atoms with Gasteiger partial charge in [0.15, 0.2) is 5.69 Å². The molecule has 1 heterocycles. The molecule has 2 aromatic carbocycles. The van der Waals surface area contributed by atoms with Crippen molar-refractivity contribution in [1.82, 2.24) is 4.98 Å². The lowest BCUT2D eigenvalue weighted by atomic mass is 10.0. The Kier molecular flexibility index (Phi) is 6.02. The standard InChI is InChI=1S/C21H21NO3S/c1-2-3-4-13-25-18-11-9-16(10-12-18)15-5-7-17(8-6-15)20-22-19(14-26-20)21(23)24/h5-12,14H,2-4,13H2,1H3,(H,23,24). The molecule has 0 spiro atoms. The van der Waals surface area contributed by atoms with Crippen LogP contribution in [0.25, 0.3) is 21.7 Å². The van der Waals surface area contributed by atoms with E-state index in [0.29, 0.717) is 5.01 Å². The number of nitrogens with zero attached hydrogens (tertiary/aromatic N) is 1. The van der Waals surface area contributed by atoms with Gasteiger partial charge in [0, 0.05) is 10.9 Å². The lowest BCUT2D eigenvalue weighted by molar-refractivity contribution is 0.0691. The van der Waals surface area contributed by atoms with Crippen molar-refractivity contribution in [2.45, 2.75) is 26.2 Å². The maximum absolute atomic E-state index is 10.9. The van der Waals surface area contributed by atoms with Crippen LogP contribution in [0.1, 0.15) is 36.7 Å². The molecular formula is C21H21NO3S. The summed E-state index contributed by atoms with van der Waals surface area (Å²) < 4.78 is 5.74. The first-order valence-corrected chi connectivity index (χ1v) is 9.58. The highest BCUT2D eigenvalue weighted by molar-refractivity contribution is 7.13. The van der Waals surface area contributed by atoms with E-state index in [0.717, 1.165) is 35.5 Å². The number of carboxylic acids is 1. The Morgan fingerprint density at radius 2 is 1.62 bits per heavy atom. The summed E-state index contributed by atoms with van der Waals surface area (Å²) in [5, 5.41) is 11.2.